The average molecular weight is 253 g/mol. The molecular weight excluding hydrogens is 246 g/mol. The molecule has 1 aromatic carbocycles. The van der Waals surface area contributed by atoms with E-state index in [1.54, 1.807) is 30.5 Å². The summed E-state index contributed by atoms with van der Waals surface area (Å²) in [6.45, 7) is 0. The summed E-state index contributed by atoms with van der Waals surface area (Å²) in [5, 5.41) is 9.89. The van der Waals surface area contributed by atoms with Crippen molar-refractivity contribution in [2.75, 3.05) is 0 Å². The molecule has 0 aliphatic carbocycles. The number of benzene rings is 1. The third kappa shape index (κ3) is 1.96. The number of oxazole rings is 1. The number of fused-ring (bicyclic) bond motifs is 1. The van der Waals surface area contributed by atoms with Gasteiger partial charge in [0.25, 0.3) is 0 Å². The molecule has 0 saturated carbocycles. The minimum absolute atomic E-state index is 0.0805. The molecule has 0 atom stereocenters. The molecule has 92 valence electrons. The highest BCUT2D eigenvalue weighted by molar-refractivity contribution is 5.75. The first-order valence-electron chi connectivity index (χ1n) is 5.41. The van der Waals surface area contributed by atoms with Crippen LogP contribution in [0.15, 0.2) is 45.9 Å². The van der Waals surface area contributed by atoms with E-state index in [9.17, 15) is 9.90 Å². The molecule has 1 N–H and O–H groups in total. The summed E-state index contributed by atoms with van der Waals surface area (Å²) in [7, 11) is 0. The monoisotopic (exact) mass is 253 g/mol. The van der Waals surface area contributed by atoms with Gasteiger partial charge < -0.3 is 9.52 Å². The summed E-state index contributed by atoms with van der Waals surface area (Å²) in [4.78, 5) is 21.8. The van der Waals surface area contributed by atoms with Crippen LogP contribution in [0, 0.1) is 0 Å². The molecule has 0 radical (unpaired) electrons. The smallest absolute Gasteiger partial charge is 0.240 e. The van der Waals surface area contributed by atoms with Crippen molar-refractivity contribution >= 4 is 23.0 Å². The van der Waals surface area contributed by atoms with E-state index in [1.165, 1.54) is 12.1 Å². The first kappa shape index (κ1) is 11.1. The van der Waals surface area contributed by atoms with Gasteiger partial charge in [-0.15, -0.1) is 0 Å². The molecule has 0 spiro atoms. The van der Waals surface area contributed by atoms with Crippen molar-refractivity contribution in [3.8, 4) is 17.2 Å². The topological polar surface area (TPSA) is 88.6 Å². The Kier molecular flexibility index (Phi) is 2.55. The van der Waals surface area contributed by atoms with E-state index in [1.807, 2.05) is 0 Å². The van der Waals surface area contributed by atoms with Crippen LogP contribution in [0.4, 0.5) is 5.69 Å². The molecule has 0 amide bonds. The second kappa shape index (κ2) is 4.36. The number of rotatable bonds is 2. The second-order valence-corrected chi connectivity index (χ2v) is 3.75. The third-order valence-electron chi connectivity index (χ3n) is 2.55. The molecule has 0 aliphatic heterocycles. The van der Waals surface area contributed by atoms with E-state index < -0.39 is 0 Å². The van der Waals surface area contributed by atoms with Gasteiger partial charge in [0, 0.05) is 12.3 Å². The van der Waals surface area contributed by atoms with Gasteiger partial charge in [-0.1, -0.05) is 0 Å². The van der Waals surface area contributed by atoms with Crippen molar-refractivity contribution in [1.29, 1.82) is 0 Å². The maximum absolute atomic E-state index is 10.1. The molecule has 0 aliphatic rings. The molecular formula is C13H7N3O3. The first-order valence-corrected chi connectivity index (χ1v) is 5.41. The number of phenolic OH excluding ortho intramolecular Hbond substituents is 1. The van der Waals surface area contributed by atoms with Crippen LogP contribution in [0.3, 0.4) is 0 Å². The van der Waals surface area contributed by atoms with Gasteiger partial charge in [0.15, 0.2) is 11.2 Å². The van der Waals surface area contributed by atoms with Gasteiger partial charge in [-0.25, -0.2) is 9.78 Å². The number of isocyanates is 1. The van der Waals surface area contributed by atoms with Crippen molar-refractivity contribution in [1.82, 2.24) is 9.97 Å². The zero-order chi connectivity index (χ0) is 13.2. The molecule has 0 fully saturated rings. The Morgan fingerprint density at radius 3 is 2.95 bits per heavy atom. The summed E-state index contributed by atoms with van der Waals surface area (Å²) in [6.07, 6.45) is 3.01. The third-order valence-corrected chi connectivity index (χ3v) is 2.55. The Morgan fingerprint density at radius 2 is 2.21 bits per heavy atom. The number of aliphatic imine (C=N–C) groups is 1. The molecule has 3 aromatic rings. The van der Waals surface area contributed by atoms with Crippen molar-refractivity contribution < 1.29 is 14.3 Å². The van der Waals surface area contributed by atoms with Gasteiger partial charge in [0.1, 0.15) is 5.75 Å². The Bertz CT molecular complexity index is 771. The minimum atomic E-state index is -0.0805. The first-order chi connectivity index (χ1) is 9.28. The molecule has 3 rings (SSSR count). The number of phenols is 1. The number of hydrogen-bond acceptors (Lipinski definition) is 6. The van der Waals surface area contributed by atoms with Gasteiger partial charge in [-0.2, -0.15) is 9.98 Å². The van der Waals surface area contributed by atoms with Gasteiger partial charge >= 0.3 is 0 Å². The highest BCUT2D eigenvalue weighted by atomic mass is 16.4. The summed E-state index contributed by atoms with van der Waals surface area (Å²) in [5.74, 6) is 0.177. The second-order valence-electron chi connectivity index (χ2n) is 3.75. The standard InChI is InChI=1S/C13H7N3O3/c17-7-15-8-3-4-9(10(18)6-8)13-16-12-11(19-13)2-1-5-14-12/h1-6,18H. The van der Waals surface area contributed by atoms with Crippen LogP contribution in [-0.4, -0.2) is 21.2 Å². The van der Waals surface area contributed by atoms with E-state index in [4.69, 9.17) is 4.42 Å². The zero-order valence-electron chi connectivity index (χ0n) is 9.57. The predicted molar refractivity (Wildman–Crippen MR) is 66.7 cm³/mol. The number of aromatic nitrogens is 2. The highest BCUT2D eigenvalue weighted by Gasteiger charge is 2.12. The molecule has 0 bridgehead atoms. The highest BCUT2D eigenvalue weighted by Crippen LogP contribution is 2.33. The fourth-order valence-corrected chi connectivity index (χ4v) is 1.71. The summed E-state index contributed by atoms with van der Waals surface area (Å²) in [6, 6.07) is 7.93. The lowest BCUT2D eigenvalue weighted by Crippen LogP contribution is -1.79. The lowest BCUT2D eigenvalue weighted by Gasteiger charge is -1.99. The van der Waals surface area contributed by atoms with Crippen LogP contribution in [-0.2, 0) is 4.79 Å². The molecule has 6 nitrogen and oxygen atoms in total. The molecule has 19 heavy (non-hydrogen) atoms. The maximum atomic E-state index is 10.1. The lowest BCUT2D eigenvalue weighted by atomic mass is 10.2. The SMILES string of the molecule is O=C=Nc1ccc(-c2nc3ncccc3o2)c(O)c1. The van der Waals surface area contributed by atoms with Crippen LogP contribution >= 0.6 is 0 Å². The molecule has 6 heteroatoms. The van der Waals surface area contributed by atoms with Crippen LogP contribution in [0.1, 0.15) is 0 Å². The summed E-state index contributed by atoms with van der Waals surface area (Å²) in [5.41, 5.74) is 1.71. The van der Waals surface area contributed by atoms with Crippen molar-refractivity contribution in [2.24, 2.45) is 4.99 Å². The van der Waals surface area contributed by atoms with Crippen LogP contribution < -0.4 is 0 Å². The van der Waals surface area contributed by atoms with Gasteiger partial charge in [-0.3, -0.25) is 0 Å². The normalized spacial score (nSPS) is 10.3. The fourth-order valence-electron chi connectivity index (χ4n) is 1.71. The van der Waals surface area contributed by atoms with E-state index >= 15 is 0 Å². The lowest BCUT2D eigenvalue weighted by molar-refractivity contribution is 0.474. The fraction of sp³-hybridized carbons (Fsp3) is 0. The van der Waals surface area contributed by atoms with Crippen LogP contribution in [0.25, 0.3) is 22.7 Å². The predicted octanol–water partition coefficient (Wildman–Crippen LogP) is 2.56. The van der Waals surface area contributed by atoms with Crippen LogP contribution in [0.5, 0.6) is 5.75 Å². The molecule has 0 unspecified atom stereocenters. The molecule has 2 heterocycles. The van der Waals surface area contributed by atoms with Crippen molar-refractivity contribution in [3.05, 3.63) is 36.5 Å². The Morgan fingerprint density at radius 1 is 1.32 bits per heavy atom. The van der Waals surface area contributed by atoms with Crippen LogP contribution in [0.2, 0.25) is 0 Å². The Labute approximate surface area is 107 Å². The number of nitrogens with zero attached hydrogens (tertiary/aromatic N) is 3. The Balaban J connectivity index is 2.13. The van der Waals surface area contributed by atoms with Crippen molar-refractivity contribution in [3.63, 3.8) is 0 Å². The number of aromatic hydroxyl groups is 1. The largest absolute Gasteiger partial charge is 0.507 e. The maximum Gasteiger partial charge on any atom is 0.240 e. The van der Waals surface area contributed by atoms with E-state index in [-0.39, 0.29) is 11.6 Å². The van der Waals surface area contributed by atoms with Gasteiger partial charge in [0.05, 0.1) is 11.3 Å². The summed E-state index contributed by atoms with van der Waals surface area (Å²) < 4.78 is 5.49. The van der Waals surface area contributed by atoms with Crippen molar-refractivity contribution in [2.45, 2.75) is 0 Å². The molecule has 0 saturated heterocycles. The Hall–Kier alpha value is -2.98. The summed E-state index contributed by atoms with van der Waals surface area (Å²) >= 11 is 0. The van der Waals surface area contributed by atoms with E-state index in [0.717, 1.165) is 0 Å². The quantitative estimate of drug-likeness (QED) is 0.560. The van der Waals surface area contributed by atoms with E-state index in [0.29, 0.717) is 22.5 Å². The number of carbonyl (C=O) groups excluding carboxylic acids is 1. The van der Waals surface area contributed by atoms with Gasteiger partial charge in [0.2, 0.25) is 12.0 Å². The number of hydrogen-bond donors (Lipinski definition) is 1. The zero-order valence-corrected chi connectivity index (χ0v) is 9.57. The average Bonchev–Trinajstić information content (AvgIpc) is 2.82. The van der Waals surface area contributed by atoms with Gasteiger partial charge in [-0.05, 0) is 24.3 Å². The van der Waals surface area contributed by atoms with E-state index in [2.05, 4.69) is 15.0 Å². The number of pyridine rings is 1. The molecule has 2 aromatic heterocycles. The minimum Gasteiger partial charge on any atom is -0.507 e.